The van der Waals surface area contributed by atoms with E-state index in [1.165, 1.54) is 0 Å². The molecule has 0 saturated carbocycles. The second kappa shape index (κ2) is 6.17. The summed E-state index contributed by atoms with van der Waals surface area (Å²) in [5, 5.41) is 3.07. The summed E-state index contributed by atoms with van der Waals surface area (Å²) in [5.74, 6) is -0.0757. The summed E-state index contributed by atoms with van der Waals surface area (Å²) in [4.78, 5) is 12.1. The molecule has 1 fully saturated rings. The maximum absolute atomic E-state index is 12.1. The molecule has 3 N–H and O–H groups in total. The van der Waals surface area contributed by atoms with Crippen LogP contribution in [-0.2, 0) is 16.0 Å². The Bertz CT molecular complexity index is 413. The third kappa shape index (κ3) is 4.04. The van der Waals surface area contributed by atoms with Crippen molar-refractivity contribution in [1.29, 1.82) is 0 Å². The van der Waals surface area contributed by atoms with E-state index in [1.807, 2.05) is 30.3 Å². The monoisotopic (exact) mass is 262 g/mol. The van der Waals surface area contributed by atoms with Crippen LogP contribution in [0.4, 0.5) is 0 Å². The lowest BCUT2D eigenvalue weighted by atomic mass is 9.92. The molecule has 0 spiro atoms. The van der Waals surface area contributed by atoms with Crippen molar-refractivity contribution >= 4 is 5.91 Å². The summed E-state index contributed by atoms with van der Waals surface area (Å²) in [5.41, 5.74) is 6.89. The Labute approximate surface area is 114 Å². The number of ether oxygens (including phenoxy) is 1. The predicted octanol–water partition coefficient (Wildman–Crippen LogP) is 1.24. The predicted molar refractivity (Wildman–Crippen MR) is 74.7 cm³/mol. The summed E-state index contributed by atoms with van der Waals surface area (Å²) in [7, 11) is 0. The van der Waals surface area contributed by atoms with Gasteiger partial charge >= 0.3 is 0 Å². The van der Waals surface area contributed by atoms with Crippen LogP contribution in [-0.4, -0.2) is 30.7 Å². The molecule has 4 heteroatoms. The fourth-order valence-electron chi connectivity index (χ4n) is 2.30. The van der Waals surface area contributed by atoms with Gasteiger partial charge in [-0.05, 0) is 31.7 Å². The largest absolute Gasteiger partial charge is 0.381 e. The third-order valence-corrected chi connectivity index (χ3v) is 3.66. The fraction of sp³-hybridized carbons (Fsp3) is 0.533. The van der Waals surface area contributed by atoms with E-state index >= 15 is 0 Å². The van der Waals surface area contributed by atoms with Gasteiger partial charge in [-0.15, -0.1) is 0 Å². The number of nitrogens with one attached hydrogen (secondary N) is 1. The Morgan fingerprint density at radius 2 is 2.00 bits per heavy atom. The highest BCUT2D eigenvalue weighted by molar-refractivity contribution is 5.82. The van der Waals surface area contributed by atoms with Crippen LogP contribution in [0.25, 0.3) is 0 Å². The third-order valence-electron chi connectivity index (χ3n) is 3.66. The van der Waals surface area contributed by atoms with Crippen molar-refractivity contribution in [1.82, 2.24) is 5.32 Å². The lowest BCUT2D eigenvalue weighted by Gasteiger charge is -2.35. The molecule has 1 amide bonds. The van der Waals surface area contributed by atoms with E-state index in [1.54, 1.807) is 0 Å². The molecule has 0 aromatic heterocycles. The Kier molecular flexibility index (Phi) is 4.56. The van der Waals surface area contributed by atoms with Gasteiger partial charge in [0.25, 0.3) is 0 Å². The van der Waals surface area contributed by atoms with Gasteiger partial charge in [-0.3, -0.25) is 4.79 Å². The summed E-state index contributed by atoms with van der Waals surface area (Å²) >= 11 is 0. The summed E-state index contributed by atoms with van der Waals surface area (Å²) < 4.78 is 5.32. The summed E-state index contributed by atoms with van der Waals surface area (Å²) in [6.45, 7) is 3.46. The van der Waals surface area contributed by atoms with Crippen LogP contribution in [0.3, 0.4) is 0 Å². The first-order chi connectivity index (χ1) is 9.09. The Morgan fingerprint density at radius 1 is 1.37 bits per heavy atom. The van der Waals surface area contributed by atoms with Crippen molar-refractivity contribution in [3.63, 3.8) is 0 Å². The van der Waals surface area contributed by atoms with Gasteiger partial charge in [-0.25, -0.2) is 0 Å². The van der Waals surface area contributed by atoms with Gasteiger partial charge in [0.05, 0.1) is 6.04 Å². The van der Waals surface area contributed by atoms with Crippen molar-refractivity contribution in [3.8, 4) is 0 Å². The average Bonchev–Trinajstić information content (AvgIpc) is 2.40. The molecule has 104 valence electrons. The minimum absolute atomic E-state index is 0.0757. The average molecular weight is 262 g/mol. The van der Waals surface area contributed by atoms with Crippen LogP contribution in [0.2, 0.25) is 0 Å². The number of carbonyl (C=O) groups excluding carboxylic acids is 1. The number of hydrogen-bond donors (Lipinski definition) is 2. The zero-order valence-electron chi connectivity index (χ0n) is 11.4. The second-order valence-electron chi connectivity index (χ2n) is 5.46. The Morgan fingerprint density at radius 3 is 2.63 bits per heavy atom. The van der Waals surface area contributed by atoms with E-state index in [4.69, 9.17) is 10.5 Å². The molecule has 1 aromatic carbocycles. The van der Waals surface area contributed by atoms with Gasteiger partial charge in [0.2, 0.25) is 5.91 Å². The van der Waals surface area contributed by atoms with Crippen LogP contribution in [0, 0.1) is 0 Å². The van der Waals surface area contributed by atoms with Gasteiger partial charge in [-0.1, -0.05) is 30.3 Å². The summed E-state index contributed by atoms with van der Waals surface area (Å²) in [6, 6.07) is 9.35. The van der Waals surface area contributed by atoms with Crippen LogP contribution in [0.15, 0.2) is 30.3 Å². The minimum Gasteiger partial charge on any atom is -0.381 e. The van der Waals surface area contributed by atoms with E-state index in [0.717, 1.165) is 18.4 Å². The molecular formula is C15H22N2O2. The molecule has 1 saturated heterocycles. The van der Waals surface area contributed by atoms with Crippen molar-refractivity contribution in [2.45, 2.75) is 37.8 Å². The SMILES string of the molecule is CC1(NC(=O)[C@H](N)Cc2ccccc2)CCOCC1. The van der Waals surface area contributed by atoms with Crippen LogP contribution < -0.4 is 11.1 Å². The fourth-order valence-corrected chi connectivity index (χ4v) is 2.30. The number of hydrogen-bond acceptors (Lipinski definition) is 3. The lowest BCUT2D eigenvalue weighted by Crippen LogP contribution is -2.54. The van der Waals surface area contributed by atoms with Crippen molar-refractivity contribution < 1.29 is 9.53 Å². The zero-order chi connectivity index (χ0) is 13.7. The zero-order valence-corrected chi connectivity index (χ0v) is 11.4. The molecule has 0 unspecified atom stereocenters. The first-order valence-corrected chi connectivity index (χ1v) is 6.78. The number of rotatable bonds is 4. The van der Waals surface area contributed by atoms with Gasteiger partial charge in [0.15, 0.2) is 0 Å². The van der Waals surface area contributed by atoms with Gasteiger partial charge in [0, 0.05) is 18.8 Å². The van der Waals surface area contributed by atoms with Crippen molar-refractivity contribution in [3.05, 3.63) is 35.9 Å². The maximum atomic E-state index is 12.1. The van der Waals surface area contributed by atoms with Crippen molar-refractivity contribution in [2.24, 2.45) is 5.73 Å². The van der Waals surface area contributed by atoms with Gasteiger partial charge in [-0.2, -0.15) is 0 Å². The molecule has 1 aliphatic rings. The van der Waals surface area contributed by atoms with Crippen LogP contribution in [0.1, 0.15) is 25.3 Å². The molecule has 4 nitrogen and oxygen atoms in total. The molecule has 1 aromatic rings. The van der Waals surface area contributed by atoms with E-state index in [-0.39, 0.29) is 11.4 Å². The summed E-state index contributed by atoms with van der Waals surface area (Å²) in [6.07, 6.45) is 2.26. The Hall–Kier alpha value is -1.39. The first-order valence-electron chi connectivity index (χ1n) is 6.78. The molecule has 1 aliphatic heterocycles. The van der Waals surface area contributed by atoms with Crippen LogP contribution >= 0.6 is 0 Å². The van der Waals surface area contributed by atoms with E-state index in [2.05, 4.69) is 12.2 Å². The van der Waals surface area contributed by atoms with Gasteiger partial charge < -0.3 is 15.8 Å². The standard InChI is InChI=1S/C15H22N2O2/c1-15(7-9-19-10-8-15)17-14(18)13(16)11-12-5-3-2-4-6-12/h2-6,13H,7-11,16H2,1H3,(H,17,18)/t13-/m1/s1. The van der Waals surface area contributed by atoms with Crippen molar-refractivity contribution in [2.75, 3.05) is 13.2 Å². The molecule has 19 heavy (non-hydrogen) atoms. The van der Waals surface area contributed by atoms with E-state index < -0.39 is 6.04 Å². The topological polar surface area (TPSA) is 64.4 Å². The number of nitrogens with two attached hydrogens (primary N) is 1. The lowest BCUT2D eigenvalue weighted by molar-refractivity contribution is -0.125. The molecule has 1 heterocycles. The molecule has 0 radical (unpaired) electrons. The molecule has 0 bridgehead atoms. The minimum atomic E-state index is -0.498. The number of carbonyl (C=O) groups is 1. The van der Waals surface area contributed by atoms with Crippen LogP contribution in [0.5, 0.6) is 0 Å². The molecule has 1 atom stereocenters. The highest BCUT2D eigenvalue weighted by Gasteiger charge is 2.30. The van der Waals surface area contributed by atoms with E-state index in [0.29, 0.717) is 19.6 Å². The highest BCUT2D eigenvalue weighted by atomic mass is 16.5. The molecule has 2 rings (SSSR count). The van der Waals surface area contributed by atoms with Gasteiger partial charge in [0.1, 0.15) is 0 Å². The smallest absolute Gasteiger partial charge is 0.237 e. The Balaban J connectivity index is 1.88. The molecule has 0 aliphatic carbocycles. The maximum Gasteiger partial charge on any atom is 0.237 e. The second-order valence-corrected chi connectivity index (χ2v) is 5.46. The molecular weight excluding hydrogens is 240 g/mol. The normalized spacial score (nSPS) is 19.7. The first kappa shape index (κ1) is 14.0. The van der Waals surface area contributed by atoms with E-state index in [9.17, 15) is 4.79 Å². The number of benzene rings is 1. The number of amides is 1. The highest BCUT2D eigenvalue weighted by Crippen LogP contribution is 2.19. The quantitative estimate of drug-likeness (QED) is 0.858.